The number of fused-ring (bicyclic) bond motifs is 3. The maximum atomic E-state index is 14.7. The second-order valence-corrected chi connectivity index (χ2v) is 7.62. The average Bonchev–Trinajstić information content (AvgIpc) is 3.07. The van der Waals surface area contributed by atoms with E-state index in [1.54, 1.807) is 0 Å². The fourth-order valence-corrected chi connectivity index (χ4v) is 4.73. The summed E-state index contributed by atoms with van der Waals surface area (Å²) in [5.41, 5.74) is -0.630. The van der Waals surface area contributed by atoms with Crippen molar-refractivity contribution in [3.05, 3.63) is 33.7 Å². The summed E-state index contributed by atoms with van der Waals surface area (Å²) in [7, 11) is 0. The van der Waals surface area contributed by atoms with Gasteiger partial charge in [0.05, 0.1) is 16.2 Å². The van der Waals surface area contributed by atoms with Gasteiger partial charge >= 0.3 is 11.9 Å². The van der Waals surface area contributed by atoms with Crippen LogP contribution >= 0.6 is 11.8 Å². The lowest BCUT2D eigenvalue weighted by molar-refractivity contribution is -0.136. The number of rotatable bonds is 3. The lowest BCUT2D eigenvalue weighted by atomic mass is 10.1. The lowest BCUT2D eigenvalue weighted by Crippen LogP contribution is -2.43. The zero-order valence-corrected chi connectivity index (χ0v) is 14.9. The van der Waals surface area contributed by atoms with Gasteiger partial charge in [-0.05, 0) is 12.1 Å². The molecule has 27 heavy (non-hydrogen) atoms. The van der Waals surface area contributed by atoms with E-state index in [2.05, 4.69) is 5.32 Å². The Kier molecular flexibility index (Phi) is 4.31. The SMILES string of the molecule is O=C(O)c1c2n(c3cc(N4CCNCC4)c(F)cc3c1=O)CC(C(=O)O)S2. The third kappa shape index (κ3) is 2.85. The third-order valence-electron chi connectivity index (χ3n) is 4.84. The summed E-state index contributed by atoms with van der Waals surface area (Å²) in [5, 5.41) is 21.1. The van der Waals surface area contributed by atoms with Crippen molar-refractivity contribution in [3.8, 4) is 0 Å². The molecular weight excluding hydrogens is 377 g/mol. The van der Waals surface area contributed by atoms with Crippen molar-refractivity contribution in [2.75, 3.05) is 31.1 Å². The summed E-state index contributed by atoms with van der Waals surface area (Å²) in [5.74, 6) is -3.14. The van der Waals surface area contributed by atoms with E-state index in [-0.39, 0.29) is 17.0 Å². The minimum atomic E-state index is -1.45. The molecule has 1 aromatic carbocycles. The zero-order chi connectivity index (χ0) is 19.3. The van der Waals surface area contributed by atoms with Gasteiger partial charge in [-0.15, -0.1) is 0 Å². The minimum absolute atomic E-state index is 0.0129. The standard InChI is InChI=1S/C17H16FN3O5S/c18-9-5-8-10(6-11(9)20-3-1-19-2-4-20)21-7-12(16(23)24)27-15(21)13(14(8)22)17(25)26/h5-6,12,19H,1-4,7H2,(H,23,24)(H,25,26). The monoisotopic (exact) mass is 393 g/mol. The number of hydrogen-bond acceptors (Lipinski definition) is 6. The number of nitrogens with one attached hydrogen (secondary N) is 1. The number of aromatic carboxylic acids is 1. The van der Waals surface area contributed by atoms with E-state index in [1.807, 2.05) is 4.90 Å². The Hall–Kier alpha value is -2.59. The van der Waals surface area contributed by atoms with Crippen molar-refractivity contribution in [3.63, 3.8) is 0 Å². The van der Waals surface area contributed by atoms with E-state index in [4.69, 9.17) is 0 Å². The van der Waals surface area contributed by atoms with Crippen LogP contribution < -0.4 is 15.6 Å². The number of halogens is 1. The first-order valence-corrected chi connectivity index (χ1v) is 9.25. The Morgan fingerprint density at radius 1 is 1.22 bits per heavy atom. The highest BCUT2D eigenvalue weighted by atomic mass is 32.2. The fraction of sp³-hybridized carbons (Fsp3) is 0.353. The molecule has 3 heterocycles. The molecule has 1 saturated heterocycles. The van der Waals surface area contributed by atoms with Gasteiger partial charge in [0.25, 0.3) is 0 Å². The lowest BCUT2D eigenvalue weighted by Gasteiger charge is -2.30. The molecule has 1 atom stereocenters. The molecule has 4 rings (SSSR count). The topological polar surface area (TPSA) is 112 Å². The number of carboxylic acid groups (broad SMARTS) is 2. The number of pyridine rings is 1. The van der Waals surface area contributed by atoms with Crippen molar-refractivity contribution in [2.45, 2.75) is 16.8 Å². The largest absolute Gasteiger partial charge is 0.480 e. The first-order valence-electron chi connectivity index (χ1n) is 8.37. The number of thioether (sulfide) groups is 1. The van der Waals surface area contributed by atoms with Crippen LogP contribution in [0.15, 0.2) is 22.0 Å². The zero-order valence-electron chi connectivity index (χ0n) is 14.1. The molecule has 2 aliphatic heterocycles. The van der Waals surface area contributed by atoms with Crippen LogP contribution in [0.2, 0.25) is 0 Å². The quantitative estimate of drug-likeness (QED) is 0.702. The number of aromatic nitrogens is 1. The van der Waals surface area contributed by atoms with Gasteiger partial charge in [-0.2, -0.15) is 0 Å². The fourth-order valence-electron chi connectivity index (χ4n) is 3.54. The molecule has 0 saturated carbocycles. The molecule has 1 fully saturated rings. The Balaban J connectivity index is 1.98. The average molecular weight is 393 g/mol. The molecule has 142 valence electrons. The predicted molar refractivity (Wildman–Crippen MR) is 97.5 cm³/mol. The molecule has 0 spiro atoms. The van der Waals surface area contributed by atoms with E-state index in [0.717, 1.165) is 17.8 Å². The molecule has 3 N–H and O–H groups in total. The maximum Gasteiger partial charge on any atom is 0.342 e. The van der Waals surface area contributed by atoms with Gasteiger partial charge in [0.1, 0.15) is 16.6 Å². The molecule has 10 heteroatoms. The number of nitrogens with zero attached hydrogens (tertiary/aromatic N) is 2. The van der Waals surface area contributed by atoms with Crippen LogP contribution in [-0.4, -0.2) is 58.1 Å². The first kappa shape index (κ1) is 17.8. The highest BCUT2D eigenvalue weighted by Crippen LogP contribution is 2.38. The third-order valence-corrected chi connectivity index (χ3v) is 6.12. The van der Waals surface area contributed by atoms with Gasteiger partial charge in [0.2, 0.25) is 5.43 Å². The maximum absolute atomic E-state index is 14.7. The Morgan fingerprint density at radius 2 is 1.93 bits per heavy atom. The number of anilines is 1. The molecule has 2 aliphatic rings. The molecule has 8 nitrogen and oxygen atoms in total. The van der Waals surface area contributed by atoms with Crippen molar-refractivity contribution < 1.29 is 24.2 Å². The van der Waals surface area contributed by atoms with E-state index >= 15 is 0 Å². The van der Waals surface area contributed by atoms with Crippen molar-refractivity contribution in [1.29, 1.82) is 0 Å². The Bertz CT molecular complexity index is 1030. The van der Waals surface area contributed by atoms with E-state index in [1.165, 1.54) is 10.6 Å². The van der Waals surface area contributed by atoms with Crippen LogP contribution in [0.1, 0.15) is 10.4 Å². The summed E-state index contributed by atoms with van der Waals surface area (Å²) < 4.78 is 16.2. The van der Waals surface area contributed by atoms with E-state index < -0.39 is 34.0 Å². The number of aliphatic carboxylic acids is 1. The normalized spacial score (nSPS) is 19.3. The van der Waals surface area contributed by atoms with E-state index in [0.29, 0.717) is 37.4 Å². The summed E-state index contributed by atoms with van der Waals surface area (Å²) in [6.45, 7) is 2.60. The van der Waals surface area contributed by atoms with Gasteiger partial charge in [-0.3, -0.25) is 9.59 Å². The van der Waals surface area contributed by atoms with Crippen LogP contribution in [0.25, 0.3) is 10.9 Å². The molecule has 0 amide bonds. The predicted octanol–water partition coefficient (Wildman–Crippen LogP) is 0.807. The number of carbonyl (C=O) groups is 2. The van der Waals surface area contributed by atoms with Gasteiger partial charge in [0, 0.05) is 38.1 Å². The van der Waals surface area contributed by atoms with Crippen molar-refractivity contribution in [1.82, 2.24) is 9.88 Å². The molecule has 2 aromatic rings. The Morgan fingerprint density at radius 3 is 2.56 bits per heavy atom. The number of hydrogen-bond donors (Lipinski definition) is 3. The molecule has 1 unspecified atom stereocenters. The Labute approximate surface area is 156 Å². The first-order chi connectivity index (χ1) is 12.9. The minimum Gasteiger partial charge on any atom is -0.480 e. The van der Waals surface area contributed by atoms with Crippen LogP contribution in [0.5, 0.6) is 0 Å². The molecular formula is C17H16FN3O5S. The van der Waals surface area contributed by atoms with Gasteiger partial charge in [0.15, 0.2) is 0 Å². The molecule has 0 aliphatic carbocycles. The molecule has 0 radical (unpaired) electrons. The second kappa shape index (κ2) is 6.54. The van der Waals surface area contributed by atoms with Crippen molar-refractivity contribution >= 4 is 40.3 Å². The van der Waals surface area contributed by atoms with Crippen molar-refractivity contribution in [2.24, 2.45) is 0 Å². The summed E-state index contributed by atoms with van der Waals surface area (Å²) in [6, 6.07) is 2.59. The van der Waals surface area contributed by atoms with Crippen LogP contribution in [0.3, 0.4) is 0 Å². The second-order valence-electron chi connectivity index (χ2n) is 6.43. The van der Waals surface area contributed by atoms with Crippen LogP contribution in [0, 0.1) is 5.82 Å². The van der Waals surface area contributed by atoms with E-state index in [9.17, 15) is 29.0 Å². The van der Waals surface area contributed by atoms with Gasteiger partial charge < -0.3 is 25.0 Å². The molecule has 0 bridgehead atoms. The van der Waals surface area contributed by atoms with Gasteiger partial charge in [-0.25, -0.2) is 9.18 Å². The van der Waals surface area contributed by atoms with Gasteiger partial charge in [-0.1, -0.05) is 11.8 Å². The smallest absolute Gasteiger partial charge is 0.342 e. The van der Waals surface area contributed by atoms with Crippen LogP contribution in [-0.2, 0) is 11.3 Å². The number of carboxylic acids is 2. The summed E-state index contributed by atoms with van der Waals surface area (Å²) in [6.07, 6.45) is 0. The number of benzene rings is 1. The summed E-state index contributed by atoms with van der Waals surface area (Å²) >= 11 is 0.839. The highest BCUT2D eigenvalue weighted by Gasteiger charge is 2.35. The van der Waals surface area contributed by atoms with Crippen LogP contribution in [0.4, 0.5) is 10.1 Å². The highest BCUT2D eigenvalue weighted by molar-refractivity contribution is 8.00. The molecule has 1 aromatic heterocycles. The summed E-state index contributed by atoms with van der Waals surface area (Å²) in [4.78, 5) is 37.6. The number of piperazine rings is 1.